The van der Waals surface area contributed by atoms with Crippen molar-refractivity contribution < 1.29 is 13.9 Å². The molecule has 0 aliphatic heterocycles. The van der Waals surface area contributed by atoms with E-state index in [2.05, 4.69) is 0 Å². The average Bonchev–Trinajstić information content (AvgIpc) is 2.30. The van der Waals surface area contributed by atoms with Crippen molar-refractivity contribution in [1.29, 1.82) is 0 Å². The Morgan fingerprint density at radius 3 is 2.19 bits per heavy atom. The molecule has 0 amide bonds. The topological polar surface area (TPSA) is 20.2 Å². The number of alkyl halides is 1. The average molecular weight is 226 g/mol. The maximum Gasteiger partial charge on any atom is 0.123 e. The minimum absolute atomic E-state index is 0.109. The van der Waals surface area contributed by atoms with Crippen LogP contribution in [0.25, 0.3) is 0 Å². The normalized spacial score (nSPS) is 27.7. The van der Waals surface area contributed by atoms with Crippen molar-refractivity contribution in [3.05, 3.63) is 35.6 Å². The second kappa shape index (κ2) is 4.91. The SMILES string of the molecule is OC(c1ccc(F)cc1)C1CCC(F)CC1. The van der Waals surface area contributed by atoms with Crippen molar-refractivity contribution in [3.8, 4) is 0 Å². The molecule has 0 bridgehead atoms. The van der Waals surface area contributed by atoms with Crippen molar-refractivity contribution in [2.24, 2.45) is 5.92 Å². The monoisotopic (exact) mass is 226 g/mol. The van der Waals surface area contributed by atoms with E-state index >= 15 is 0 Å². The molecular weight excluding hydrogens is 210 g/mol. The smallest absolute Gasteiger partial charge is 0.123 e. The Bertz CT molecular complexity index is 328. The molecule has 3 heteroatoms. The van der Waals surface area contributed by atoms with E-state index < -0.39 is 12.3 Å². The standard InChI is InChI=1S/C13H16F2O/c14-11-5-1-9(2-6-11)13(16)10-3-7-12(15)8-4-10/h1-2,5-6,10,12-13,16H,3-4,7-8H2. The zero-order valence-electron chi connectivity index (χ0n) is 9.07. The fourth-order valence-corrected chi connectivity index (χ4v) is 2.33. The van der Waals surface area contributed by atoms with Crippen LogP contribution in [0, 0.1) is 11.7 Å². The fraction of sp³-hybridized carbons (Fsp3) is 0.538. The molecule has 1 fully saturated rings. The van der Waals surface area contributed by atoms with Gasteiger partial charge in [-0.15, -0.1) is 0 Å². The molecule has 1 aliphatic rings. The van der Waals surface area contributed by atoms with Crippen LogP contribution < -0.4 is 0 Å². The van der Waals surface area contributed by atoms with Crippen LogP contribution in [0.3, 0.4) is 0 Å². The van der Waals surface area contributed by atoms with Crippen molar-refractivity contribution in [2.45, 2.75) is 38.0 Å². The Morgan fingerprint density at radius 2 is 1.62 bits per heavy atom. The van der Waals surface area contributed by atoms with Gasteiger partial charge in [-0.25, -0.2) is 8.78 Å². The summed E-state index contributed by atoms with van der Waals surface area (Å²) in [6.07, 6.45) is 1.18. The molecule has 1 aromatic carbocycles. The molecule has 1 N–H and O–H groups in total. The third kappa shape index (κ3) is 2.59. The largest absolute Gasteiger partial charge is 0.388 e. The summed E-state index contributed by atoms with van der Waals surface area (Å²) in [4.78, 5) is 0. The molecule has 88 valence electrons. The zero-order chi connectivity index (χ0) is 11.5. The minimum Gasteiger partial charge on any atom is -0.388 e. The van der Waals surface area contributed by atoms with Gasteiger partial charge in [0, 0.05) is 0 Å². The molecule has 1 atom stereocenters. The van der Waals surface area contributed by atoms with Crippen LogP contribution in [0.2, 0.25) is 0 Å². The first-order valence-corrected chi connectivity index (χ1v) is 5.74. The van der Waals surface area contributed by atoms with Crippen molar-refractivity contribution in [3.63, 3.8) is 0 Å². The quantitative estimate of drug-likeness (QED) is 0.819. The maximum absolute atomic E-state index is 12.9. The third-order valence-corrected chi connectivity index (χ3v) is 3.36. The molecule has 1 nitrogen and oxygen atoms in total. The summed E-state index contributed by atoms with van der Waals surface area (Å²) in [7, 11) is 0. The van der Waals surface area contributed by atoms with Gasteiger partial charge < -0.3 is 5.11 Å². The van der Waals surface area contributed by atoms with Crippen LogP contribution in [0.15, 0.2) is 24.3 Å². The van der Waals surface area contributed by atoms with Crippen LogP contribution in [0.4, 0.5) is 8.78 Å². The van der Waals surface area contributed by atoms with Gasteiger partial charge in [-0.3, -0.25) is 0 Å². The van der Waals surface area contributed by atoms with Gasteiger partial charge in [0.1, 0.15) is 12.0 Å². The molecule has 2 rings (SSSR count). The highest BCUT2D eigenvalue weighted by molar-refractivity contribution is 5.19. The Kier molecular flexibility index (Phi) is 3.54. The first kappa shape index (κ1) is 11.5. The molecule has 1 aromatic rings. The summed E-state index contributed by atoms with van der Waals surface area (Å²) < 4.78 is 25.7. The molecule has 0 spiro atoms. The lowest BCUT2D eigenvalue weighted by Crippen LogP contribution is -2.21. The van der Waals surface area contributed by atoms with E-state index in [1.807, 2.05) is 0 Å². The van der Waals surface area contributed by atoms with Crippen LogP contribution in [0.1, 0.15) is 37.4 Å². The molecular formula is C13H16F2O. The number of halogens is 2. The van der Waals surface area contributed by atoms with E-state index in [-0.39, 0.29) is 11.7 Å². The molecule has 0 saturated heterocycles. The van der Waals surface area contributed by atoms with E-state index in [4.69, 9.17) is 0 Å². The maximum atomic E-state index is 12.9. The highest BCUT2D eigenvalue weighted by atomic mass is 19.1. The van der Waals surface area contributed by atoms with Gasteiger partial charge in [-0.2, -0.15) is 0 Å². The van der Waals surface area contributed by atoms with Gasteiger partial charge in [0.05, 0.1) is 6.10 Å². The molecule has 16 heavy (non-hydrogen) atoms. The van der Waals surface area contributed by atoms with Crippen molar-refractivity contribution in [2.75, 3.05) is 0 Å². The molecule has 0 aromatic heterocycles. The number of rotatable bonds is 2. The number of aliphatic hydroxyl groups excluding tert-OH is 1. The summed E-state index contributed by atoms with van der Waals surface area (Å²) >= 11 is 0. The summed E-state index contributed by atoms with van der Waals surface area (Å²) in [6.45, 7) is 0. The summed E-state index contributed by atoms with van der Waals surface area (Å²) in [5, 5.41) is 10.1. The van der Waals surface area contributed by atoms with Gasteiger partial charge in [0.2, 0.25) is 0 Å². The van der Waals surface area contributed by atoms with Crippen LogP contribution >= 0.6 is 0 Å². The van der Waals surface area contributed by atoms with E-state index in [9.17, 15) is 13.9 Å². The van der Waals surface area contributed by atoms with Crippen molar-refractivity contribution in [1.82, 2.24) is 0 Å². The van der Waals surface area contributed by atoms with E-state index in [1.54, 1.807) is 12.1 Å². The first-order chi connectivity index (χ1) is 7.66. The van der Waals surface area contributed by atoms with Crippen LogP contribution in [-0.4, -0.2) is 11.3 Å². The number of hydrogen-bond donors (Lipinski definition) is 1. The predicted molar refractivity (Wildman–Crippen MR) is 58.2 cm³/mol. The predicted octanol–water partition coefficient (Wildman–Crippen LogP) is 3.39. The number of benzene rings is 1. The summed E-state index contributed by atoms with van der Waals surface area (Å²) in [5.41, 5.74) is 0.726. The molecule has 1 unspecified atom stereocenters. The van der Waals surface area contributed by atoms with Crippen LogP contribution in [-0.2, 0) is 0 Å². The third-order valence-electron chi connectivity index (χ3n) is 3.36. The second-order valence-corrected chi connectivity index (χ2v) is 4.51. The minimum atomic E-state index is -0.711. The van der Waals surface area contributed by atoms with Gasteiger partial charge in [-0.05, 0) is 49.3 Å². The Labute approximate surface area is 94.1 Å². The highest BCUT2D eigenvalue weighted by Crippen LogP contribution is 2.35. The van der Waals surface area contributed by atoms with E-state index in [0.29, 0.717) is 25.7 Å². The molecule has 1 aliphatic carbocycles. The van der Waals surface area contributed by atoms with E-state index in [0.717, 1.165) is 5.56 Å². The van der Waals surface area contributed by atoms with E-state index in [1.165, 1.54) is 12.1 Å². The van der Waals surface area contributed by atoms with Gasteiger partial charge in [0.25, 0.3) is 0 Å². The lowest BCUT2D eigenvalue weighted by atomic mass is 9.82. The highest BCUT2D eigenvalue weighted by Gasteiger charge is 2.27. The fourth-order valence-electron chi connectivity index (χ4n) is 2.33. The lowest BCUT2D eigenvalue weighted by Gasteiger charge is -2.28. The first-order valence-electron chi connectivity index (χ1n) is 5.74. The van der Waals surface area contributed by atoms with Gasteiger partial charge in [-0.1, -0.05) is 12.1 Å². The number of aliphatic hydroxyl groups is 1. The van der Waals surface area contributed by atoms with Crippen LogP contribution in [0.5, 0.6) is 0 Å². The zero-order valence-corrected chi connectivity index (χ0v) is 9.07. The lowest BCUT2D eigenvalue weighted by molar-refractivity contribution is 0.0662. The summed E-state index contributed by atoms with van der Waals surface area (Å²) in [6, 6.07) is 5.89. The van der Waals surface area contributed by atoms with Gasteiger partial charge >= 0.3 is 0 Å². The Morgan fingerprint density at radius 1 is 1.06 bits per heavy atom. The van der Waals surface area contributed by atoms with Gasteiger partial charge in [0.15, 0.2) is 0 Å². The molecule has 0 radical (unpaired) electrons. The molecule has 0 heterocycles. The molecule has 1 saturated carbocycles. The summed E-state index contributed by atoms with van der Waals surface area (Å²) in [5.74, 6) is -0.194. The number of hydrogen-bond acceptors (Lipinski definition) is 1. The Balaban J connectivity index is 2.01. The van der Waals surface area contributed by atoms with Crippen molar-refractivity contribution >= 4 is 0 Å². The second-order valence-electron chi connectivity index (χ2n) is 4.51. The Hall–Kier alpha value is -0.960.